The minimum atomic E-state index is 0.0182. The zero-order chi connectivity index (χ0) is 15.3. The maximum absolute atomic E-state index is 9.55. The highest BCUT2D eigenvalue weighted by Gasteiger charge is 2.19. The van der Waals surface area contributed by atoms with E-state index in [4.69, 9.17) is 0 Å². The van der Waals surface area contributed by atoms with Crippen LogP contribution in [-0.2, 0) is 0 Å². The molecule has 0 spiro atoms. The van der Waals surface area contributed by atoms with E-state index in [1.54, 1.807) is 6.33 Å². The number of hydrogen-bond acceptors (Lipinski definition) is 6. The van der Waals surface area contributed by atoms with Crippen LogP contribution in [0.2, 0.25) is 0 Å². The standard InChI is InChI=1S/C15H26N4OS/c1-15(2,3)9-12(10-20)18-13-8-14(17-11-16-13)19-4-6-21-7-5-19/h8,11-12,20H,4-7,9-10H2,1-3H3,(H,16,17,18)/t12-/m1/s1. The summed E-state index contributed by atoms with van der Waals surface area (Å²) in [5, 5.41) is 12.9. The van der Waals surface area contributed by atoms with Crippen LogP contribution in [0.25, 0.3) is 0 Å². The van der Waals surface area contributed by atoms with Crippen LogP contribution in [0.5, 0.6) is 0 Å². The number of nitrogens with one attached hydrogen (secondary N) is 1. The Kier molecular flexibility index (Phi) is 5.70. The van der Waals surface area contributed by atoms with Crippen molar-refractivity contribution >= 4 is 23.4 Å². The minimum absolute atomic E-state index is 0.0182. The van der Waals surface area contributed by atoms with Gasteiger partial charge in [-0.2, -0.15) is 11.8 Å². The first-order chi connectivity index (χ1) is 9.98. The van der Waals surface area contributed by atoms with Gasteiger partial charge >= 0.3 is 0 Å². The van der Waals surface area contributed by atoms with Crippen LogP contribution in [0, 0.1) is 5.41 Å². The fourth-order valence-corrected chi connectivity index (χ4v) is 3.40. The molecule has 118 valence electrons. The number of rotatable bonds is 5. The van der Waals surface area contributed by atoms with E-state index in [-0.39, 0.29) is 18.1 Å². The number of nitrogens with zero attached hydrogens (tertiary/aromatic N) is 3. The Morgan fingerprint density at radius 2 is 2.05 bits per heavy atom. The summed E-state index contributed by atoms with van der Waals surface area (Å²) >= 11 is 1.98. The Labute approximate surface area is 131 Å². The van der Waals surface area contributed by atoms with Crippen LogP contribution in [0.15, 0.2) is 12.4 Å². The molecule has 0 amide bonds. The van der Waals surface area contributed by atoms with E-state index in [9.17, 15) is 5.11 Å². The van der Waals surface area contributed by atoms with E-state index in [2.05, 4.69) is 41.0 Å². The summed E-state index contributed by atoms with van der Waals surface area (Å²) in [6.07, 6.45) is 2.49. The Hall–Kier alpha value is -1.01. The van der Waals surface area contributed by atoms with Gasteiger partial charge in [-0.15, -0.1) is 0 Å². The average Bonchev–Trinajstić information content (AvgIpc) is 2.46. The summed E-state index contributed by atoms with van der Waals surface area (Å²) in [5.74, 6) is 4.06. The summed E-state index contributed by atoms with van der Waals surface area (Å²) in [7, 11) is 0. The normalized spacial score (nSPS) is 17.6. The van der Waals surface area contributed by atoms with Gasteiger partial charge in [-0.1, -0.05) is 20.8 Å². The third-order valence-electron chi connectivity index (χ3n) is 3.42. The highest BCUT2D eigenvalue weighted by Crippen LogP contribution is 2.23. The molecule has 2 rings (SSSR count). The number of anilines is 2. The Bertz CT molecular complexity index is 444. The number of aliphatic hydroxyl groups is 1. The fourth-order valence-electron chi connectivity index (χ4n) is 2.50. The second kappa shape index (κ2) is 7.31. The van der Waals surface area contributed by atoms with E-state index in [0.29, 0.717) is 0 Å². The number of thioether (sulfide) groups is 1. The maximum atomic E-state index is 9.55. The Morgan fingerprint density at radius 3 is 2.67 bits per heavy atom. The number of aromatic nitrogens is 2. The molecule has 1 aliphatic heterocycles. The van der Waals surface area contributed by atoms with Crippen LogP contribution >= 0.6 is 11.8 Å². The van der Waals surface area contributed by atoms with Crippen molar-refractivity contribution in [2.24, 2.45) is 5.41 Å². The highest BCUT2D eigenvalue weighted by atomic mass is 32.2. The van der Waals surface area contributed by atoms with Gasteiger partial charge < -0.3 is 15.3 Å². The maximum Gasteiger partial charge on any atom is 0.134 e. The Morgan fingerprint density at radius 1 is 1.33 bits per heavy atom. The molecule has 1 atom stereocenters. The van der Waals surface area contributed by atoms with Crippen molar-refractivity contribution in [2.45, 2.75) is 33.2 Å². The van der Waals surface area contributed by atoms with E-state index in [0.717, 1.165) is 42.7 Å². The second-order valence-electron chi connectivity index (χ2n) is 6.65. The molecular weight excluding hydrogens is 284 g/mol. The van der Waals surface area contributed by atoms with Crippen molar-refractivity contribution < 1.29 is 5.11 Å². The molecule has 0 saturated carbocycles. The predicted molar refractivity (Wildman–Crippen MR) is 90.1 cm³/mol. The minimum Gasteiger partial charge on any atom is -0.394 e. The number of aliphatic hydroxyl groups excluding tert-OH is 1. The molecule has 0 aliphatic carbocycles. The van der Waals surface area contributed by atoms with Crippen LogP contribution in [0.3, 0.4) is 0 Å². The molecule has 0 radical (unpaired) electrons. The Balaban J connectivity index is 2.02. The topological polar surface area (TPSA) is 61.3 Å². The first-order valence-electron chi connectivity index (χ1n) is 7.50. The van der Waals surface area contributed by atoms with Gasteiger partial charge in [0.25, 0.3) is 0 Å². The van der Waals surface area contributed by atoms with E-state index in [1.807, 2.05) is 17.8 Å². The van der Waals surface area contributed by atoms with E-state index in [1.165, 1.54) is 0 Å². The third-order valence-corrected chi connectivity index (χ3v) is 4.36. The van der Waals surface area contributed by atoms with E-state index >= 15 is 0 Å². The molecule has 0 bridgehead atoms. The van der Waals surface area contributed by atoms with Crippen molar-refractivity contribution in [1.29, 1.82) is 0 Å². The molecular formula is C15H26N4OS. The van der Waals surface area contributed by atoms with Crippen molar-refractivity contribution in [1.82, 2.24) is 9.97 Å². The predicted octanol–water partition coefficient (Wildman–Crippen LogP) is 2.24. The molecule has 2 N–H and O–H groups in total. The van der Waals surface area contributed by atoms with Crippen LogP contribution in [0.1, 0.15) is 27.2 Å². The van der Waals surface area contributed by atoms with Gasteiger partial charge in [0.1, 0.15) is 18.0 Å². The molecule has 0 unspecified atom stereocenters. The van der Waals surface area contributed by atoms with Crippen LogP contribution in [-0.4, -0.2) is 52.3 Å². The zero-order valence-electron chi connectivity index (χ0n) is 13.2. The van der Waals surface area contributed by atoms with Gasteiger partial charge in [-0.3, -0.25) is 0 Å². The van der Waals surface area contributed by atoms with Crippen LogP contribution in [0.4, 0.5) is 11.6 Å². The lowest BCUT2D eigenvalue weighted by Gasteiger charge is -2.28. The molecule has 21 heavy (non-hydrogen) atoms. The van der Waals surface area contributed by atoms with Crippen LogP contribution < -0.4 is 10.2 Å². The van der Waals surface area contributed by atoms with Gasteiger partial charge in [0.2, 0.25) is 0 Å². The first kappa shape index (κ1) is 16.4. The summed E-state index contributed by atoms with van der Waals surface area (Å²) in [5.41, 5.74) is 0.167. The first-order valence-corrected chi connectivity index (χ1v) is 8.65. The van der Waals surface area contributed by atoms with Gasteiger partial charge in [0.15, 0.2) is 0 Å². The van der Waals surface area contributed by atoms with Crippen molar-refractivity contribution in [3.63, 3.8) is 0 Å². The summed E-state index contributed by atoms with van der Waals surface area (Å²) < 4.78 is 0. The molecule has 6 heteroatoms. The SMILES string of the molecule is CC(C)(C)C[C@H](CO)Nc1cc(N2CCSCC2)ncn1. The second-order valence-corrected chi connectivity index (χ2v) is 7.87. The lowest BCUT2D eigenvalue weighted by atomic mass is 9.88. The van der Waals surface area contributed by atoms with Gasteiger partial charge in [0.05, 0.1) is 12.6 Å². The average molecular weight is 310 g/mol. The lowest BCUT2D eigenvalue weighted by Crippen LogP contribution is -2.33. The molecule has 1 fully saturated rings. The molecule has 5 nitrogen and oxygen atoms in total. The smallest absolute Gasteiger partial charge is 0.134 e. The third kappa shape index (κ3) is 5.36. The summed E-state index contributed by atoms with van der Waals surface area (Å²) in [6.45, 7) is 8.70. The van der Waals surface area contributed by atoms with Gasteiger partial charge in [-0.05, 0) is 11.8 Å². The quantitative estimate of drug-likeness (QED) is 0.870. The molecule has 1 aromatic rings. The van der Waals surface area contributed by atoms with Crippen molar-refractivity contribution in [2.75, 3.05) is 41.4 Å². The zero-order valence-corrected chi connectivity index (χ0v) is 14.0. The summed E-state index contributed by atoms with van der Waals surface area (Å²) in [6, 6.07) is 2.01. The highest BCUT2D eigenvalue weighted by molar-refractivity contribution is 7.99. The molecule has 1 aliphatic rings. The van der Waals surface area contributed by atoms with Crippen molar-refractivity contribution in [3.8, 4) is 0 Å². The molecule has 1 aromatic heterocycles. The largest absolute Gasteiger partial charge is 0.394 e. The molecule has 1 saturated heterocycles. The van der Waals surface area contributed by atoms with Crippen molar-refractivity contribution in [3.05, 3.63) is 12.4 Å². The fraction of sp³-hybridized carbons (Fsp3) is 0.733. The van der Waals surface area contributed by atoms with Gasteiger partial charge in [-0.25, -0.2) is 9.97 Å². The molecule has 0 aromatic carbocycles. The monoisotopic (exact) mass is 310 g/mol. The number of hydrogen-bond donors (Lipinski definition) is 2. The van der Waals surface area contributed by atoms with Gasteiger partial charge in [0, 0.05) is 30.7 Å². The molecule has 2 heterocycles. The lowest BCUT2D eigenvalue weighted by molar-refractivity contribution is 0.233. The summed E-state index contributed by atoms with van der Waals surface area (Å²) in [4.78, 5) is 11.0. The van der Waals surface area contributed by atoms with E-state index < -0.39 is 0 Å².